The molecule has 1 unspecified atom stereocenters. The molecule has 0 radical (unpaired) electrons. The van der Waals surface area contributed by atoms with Crippen LogP contribution < -0.4 is 5.32 Å². The lowest BCUT2D eigenvalue weighted by atomic mass is 10.2. The quantitative estimate of drug-likeness (QED) is 0.589. The number of hydrogen-bond donors (Lipinski definition) is 1. The van der Waals surface area contributed by atoms with Gasteiger partial charge in [-0.3, -0.25) is 4.79 Å². The van der Waals surface area contributed by atoms with Gasteiger partial charge in [0.2, 0.25) is 5.91 Å². The van der Waals surface area contributed by atoms with Gasteiger partial charge in [0.05, 0.1) is 27.5 Å². The van der Waals surface area contributed by atoms with E-state index in [-0.39, 0.29) is 11.9 Å². The van der Waals surface area contributed by atoms with E-state index >= 15 is 0 Å². The Bertz CT molecular complexity index is 806. The van der Waals surface area contributed by atoms with Crippen molar-refractivity contribution < 1.29 is 4.79 Å². The fraction of sp³-hybridized carbons (Fsp3) is 0.421. The Hall–Kier alpha value is -2.21. The molecule has 1 atom stereocenters. The number of hydrogen-bond acceptors (Lipinski definition) is 4. The number of nitrogens with one attached hydrogen (secondary N) is 1. The van der Waals surface area contributed by atoms with Gasteiger partial charge in [-0.25, -0.2) is 9.67 Å². The summed E-state index contributed by atoms with van der Waals surface area (Å²) in [5.74, 6) is 0.833. The van der Waals surface area contributed by atoms with Gasteiger partial charge in [-0.2, -0.15) is 5.10 Å². The predicted molar refractivity (Wildman–Crippen MR) is 103 cm³/mol. The van der Waals surface area contributed by atoms with Gasteiger partial charge in [0.25, 0.3) is 0 Å². The highest BCUT2D eigenvalue weighted by Gasteiger charge is 2.11. The second kappa shape index (κ2) is 8.25. The number of thiazole rings is 1. The summed E-state index contributed by atoms with van der Waals surface area (Å²) in [6, 6.07) is 10.3. The first-order chi connectivity index (χ1) is 12.2. The van der Waals surface area contributed by atoms with E-state index in [1.807, 2.05) is 28.9 Å². The van der Waals surface area contributed by atoms with Gasteiger partial charge in [0, 0.05) is 12.5 Å². The molecular formula is C19H24N4OS. The number of anilines is 1. The van der Waals surface area contributed by atoms with E-state index in [1.54, 1.807) is 17.5 Å². The number of benzene rings is 1. The van der Waals surface area contributed by atoms with E-state index in [0.717, 1.165) is 42.0 Å². The van der Waals surface area contributed by atoms with Crippen LogP contribution in [0.1, 0.15) is 50.6 Å². The van der Waals surface area contributed by atoms with Crippen LogP contribution in [0.4, 0.5) is 5.82 Å². The number of unbranched alkanes of at least 4 members (excludes halogenated alkanes) is 1. The Kier molecular flexibility index (Phi) is 5.81. The summed E-state index contributed by atoms with van der Waals surface area (Å²) in [5, 5.41) is 8.42. The number of aryl methyl sites for hydroxylation is 1. The van der Waals surface area contributed by atoms with Crippen molar-refractivity contribution in [3.8, 4) is 0 Å². The normalized spacial score (nSPS) is 12.4. The second-order valence-electron chi connectivity index (χ2n) is 6.25. The van der Waals surface area contributed by atoms with Gasteiger partial charge in [-0.15, -0.1) is 11.3 Å². The maximum Gasteiger partial charge on any atom is 0.225 e. The van der Waals surface area contributed by atoms with Gasteiger partial charge in [-0.05, 0) is 44.7 Å². The molecule has 2 aromatic heterocycles. The summed E-state index contributed by atoms with van der Waals surface area (Å²) in [5.41, 5.74) is 1.07. The minimum atomic E-state index is 0.0503. The van der Waals surface area contributed by atoms with Crippen molar-refractivity contribution in [2.45, 2.75) is 52.0 Å². The van der Waals surface area contributed by atoms with Gasteiger partial charge in [0.1, 0.15) is 5.82 Å². The lowest BCUT2D eigenvalue weighted by Gasteiger charge is -2.14. The smallest absolute Gasteiger partial charge is 0.225 e. The monoisotopic (exact) mass is 356 g/mol. The number of carbonyl (C=O) groups excluding carboxylic acids is 1. The van der Waals surface area contributed by atoms with Crippen LogP contribution in [0.3, 0.4) is 0 Å². The van der Waals surface area contributed by atoms with E-state index in [1.165, 1.54) is 4.70 Å². The second-order valence-corrected chi connectivity index (χ2v) is 7.36. The molecule has 0 aliphatic heterocycles. The molecular weight excluding hydrogens is 332 g/mol. The molecule has 0 saturated carbocycles. The summed E-state index contributed by atoms with van der Waals surface area (Å²) in [6.07, 6.45) is 5.99. The molecule has 0 bridgehead atoms. The van der Waals surface area contributed by atoms with Gasteiger partial charge < -0.3 is 5.32 Å². The van der Waals surface area contributed by atoms with E-state index in [2.05, 4.69) is 35.3 Å². The minimum absolute atomic E-state index is 0.0503. The fourth-order valence-corrected chi connectivity index (χ4v) is 3.74. The molecule has 132 valence electrons. The van der Waals surface area contributed by atoms with E-state index < -0.39 is 0 Å². The molecule has 0 aliphatic rings. The van der Waals surface area contributed by atoms with Crippen molar-refractivity contribution in [2.24, 2.45) is 0 Å². The Morgan fingerprint density at radius 2 is 2.12 bits per heavy atom. The molecule has 0 saturated heterocycles. The summed E-state index contributed by atoms with van der Waals surface area (Å²) in [7, 11) is 0. The average molecular weight is 356 g/mol. The highest BCUT2D eigenvalue weighted by atomic mass is 32.1. The fourth-order valence-electron chi connectivity index (χ4n) is 2.73. The third-order valence-corrected chi connectivity index (χ3v) is 5.42. The lowest BCUT2D eigenvalue weighted by molar-refractivity contribution is -0.116. The molecule has 25 heavy (non-hydrogen) atoms. The van der Waals surface area contributed by atoms with E-state index in [4.69, 9.17) is 0 Å². The Labute approximate surface area is 152 Å². The number of para-hydroxylation sites is 1. The molecule has 0 fully saturated rings. The van der Waals surface area contributed by atoms with Crippen molar-refractivity contribution >= 4 is 33.3 Å². The van der Waals surface area contributed by atoms with Crippen molar-refractivity contribution in [2.75, 3.05) is 5.32 Å². The maximum absolute atomic E-state index is 12.2. The Morgan fingerprint density at radius 1 is 1.28 bits per heavy atom. The molecule has 6 heteroatoms. The molecule has 5 nitrogen and oxygen atoms in total. The summed E-state index contributed by atoms with van der Waals surface area (Å²) < 4.78 is 3.10. The standard InChI is InChI=1S/C19H24N4OS/c1-3-14(2)23-17(12-13-20-23)22-18(24)10-6-7-11-19-21-15-8-4-5-9-16(15)25-19/h4-5,8-9,12-14H,3,6-7,10-11H2,1-2H3,(H,22,24). The number of rotatable bonds is 8. The molecule has 1 amide bonds. The van der Waals surface area contributed by atoms with Crippen LogP contribution >= 0.6 is 11.3 Å². The number of fused-ring (bicyclic) bond motifs is 1. The maximum atomic E-state index is 12.2. The predicted octanol–water partition coefficient (Wildman–Crippen LogP) is 4.82. The number of aromatic nitrogens is 3. The van der Waals surface area contributed by atoms with Gasteiger partial charge >= 0.3 is 0 Å². The van der Waals surface area contributed by atoms with Gasteiger partial charge in [0.15, 0.2) is 0 Å². The third-order valence-electron chi connectivity index (χ3n) is 4.33. The van der Waals surface area contributed by atoms with Crippen LogP contribution in [0, 0.1) is 0 Å². The highest BCUT2D eigenvalue weighted by Crippen LogP contribution is 2.23. The Balaban J connectivity index is 1.44. The van der Waals surface area contributed by atoms with E-state index in [0.29, 0.717) is 6.42 Å². The first-order valence-corrected chi connectivity index (χ1v) is 9.67. The summed E-state index contributed by atoms with van der Waals surface area (Å²) >= 11 is 1.74. The average Bonchev–Trinajstić information content (AvgIpc) is 3.24. The molecule has 0 aliphatic carbocycles. The number of amides is 1. The van der Waals surface area contributed by atoms with Crippen LogP contribution in [0.5, 0.6) is 0 Å². The Morgan fingerprint density at radius 3 is 2.92 bits per heavy atom. The molecule has 2 heterocycles. The van der Waals surface area contributed by atoms with Crippen molar-refractivity contribution in [3.63, 3.8) is 0 Å². The van der Waals surface area contributed by atoms with Crippen LogP contribution in [0.25, 0.3) is 10.2 Å². The molecule has 3 rings (SSSR count). The SMILES string of the molecule is CCC(C)n1nccc1NC(=O)CCCCc1nc2ccccc2s1. The van der Waals surface area contributed by atoms with E-state index in [9.17, 15) is 4.79 Å². The summed E-state index contributed by atoms with van der Waals surface area (Å²) in [4.78, 5) is 16.8. The van der Waals surface area contributed by atoms with Crippen molar-refractivity contribution in [3.05, 3.63) is 41.5 Å². The highest BCUT2D eigenvalue weighted by molar-refractivity contribution is 7.18. The summed E-state index contributed by atoms with van der Waals surface area (Å²) in [6.45, 7) is 4.21. The lowest BCUT2D eigenvalue weighted by Crippen LogP contribution is -2.17. The molecule has 1 aromatic carbocycles. The van der Waals surface area contributed by atoms with Crippen LogP contribution in [0.2, 0.25) is 0 Å². The number of carbonyl (C=O) groups is 1. The van der Waals surface area contributed by atoms with Crippen LogP contribution in [0.15, 0.2) is 36.5 Å². The van der Waals surface area contributed by atoms with Crippen LogP contribution in [-0.2, 0) is 11.2 Å². The topological polar surface area (TPSA) is 59.8 Å². The zero-order valence-corrected chi connectivity index (χ0v) is 15.6. The molecule has 3 aromatic rings. The first kappa shape index (κ1) is 17.6. The zero-order chi connectivity index (χ0) is 17.6. The molecule has 0 spiro atoms. The zero-order valence-electron chi connectivity index (χ0n) is 14.7. The third kappa shape index (κ3) is 4.45. The first-order valence-electron chi connectivity index (χ1n) is 8.85. The van der Waals surface area contributed by atoms with Crippen molar-refractivity contribution in [1.29, 1.82) is 0 Å². The number of nitrogens with zero attached hydrogens (tertiary/aromatic N) is 3. The largest absolute Gasteiger partial charge is 0.311 e. The van der Waals surface area contributed by atoms with Crippen LogP contribution in [-0.4, -0.2) is 20.7 Å². The molecule has 1 N–H and O–H groups in total. The van der Waals surface area contributed by atoms with Gasteiger partial charge in [-0.1, -0.05) is 19.1 Å². The van der Waals surface area contributed by atoms with Crippen molar-refractivity contribution in [1.82, 2.24) is 14.8 Å². The minimum Gasteiger partial charge on any atom is -0.311 e.